The van der Waals surface area contributed by atoms with Crippen LogP contribution in [0.2, 0.25) is 0 Å². The van der Waals surface area contributed by atoms with Crippen molar-refractivity contribution >= 4 is 11.8 Å². The number of pyridine rings is 1. The third-order valence-corrected chi connectivity index (χ3v) is 4.26. The highest BCUT2D eigenvalue weighted by Crippen LogP contribution is 2.24. The molecule has 0 aliphatic heterocycles. The molecule has 1 aromatic carbocycles. The lowest BCUT2D eigenvalue weighted by Gasteiger charge is -2.26. The molecule has 3 aromatic rings. The molecule has 1 unspecified atom stereocenters. The zero-order chi connectivity index (χ0) is 18.5. The maximum atomic E-state index is 11.7. The number of rotatable bonds is 6. The summed E-state index contributed by atoms with van der Waals surface area (Å²) in [4.78, 5) is 22.1. The van der Waals surface area contributed by atoms with Gasteiger partial charge in [-0.15, -0.1) is 0 Å². The van der Waals surface area contributed by atoms with Gasteiger partial charge in [0.05, 0.1) is 23.9 Å². The second-order valence-electron chi connectivity index (χ2n) is 5.84. The molecule has 2 heterocycles. The maximum absolute atomic E-state index is 11.7. The monoisotopic (exact) mass is 351 g/mol. The number of ether oxygens (including phenoxy) is 1. The number of hydrogen-bond donors (Lipinski definition) is 0. The van der Waals surface area contributed by atoms with Gasteiger partial charge in [0.1, 0.15) is 18.5 Å². The van der Waals surface area contributed by atoms with Gasteiger partial charge in [-0.1, -0.05) is 12.1 Å². The molecule has 2 aromatic heterocycles. The van der Waals surface area contributed by atoms with Crippen molar-refractivity contribution in [2.45, 2.75) is 19.9 Å². The molecule has 1 atom stereocenters. The van der Waals surface area contributed by atoms with E-state index in [1.807, 2.05) is 25.2 Å². The first-order valence-electron chi connectivity index (χ1n) is 8.41. The van der Waals surface area contributed by atoms with Gasteiger partial charge in [0.15, 0.2) is 0 Å². The first-order chi connectivity index (χ1) is 12.6. The van der Waals surface area contributed by atoms with E-state index < -0.39 is 0 Å². The van der Waals surface area contributed by atoms with Crippen molar-refractivity contribution in [1.82, 2.24) is 19.7 Å². The van der Waals surface area contributed by atoms with Crippen molar-refractivity contribution in [2.24, 2.45) is 0 Å². The van der Waals surface area contributed by atoms with Crippen LogP contribution in [0, 0.1) is 0 Å². The van der Waals surface area contributed by atoms with E-state index in [9.17, 15) is 4.79 Å². The minimum Gasteiger partial charge on any atom is -0.462 e. The molecule has 0 bridgehead atoms. The van der Waals surface area contributed by atoms with Crippen LogP contribution in [0.1, 0.15) is 35.8 Å². The Morgan fingerprint density at radius 3 is 2.58 bits per heavy atom. The molecule has 0 saturated heterocycles. The molecule has 7 heteroatoms. The van der Waals surface area contributed by atoms with E-state index in [1.165, 1.54) is 6.33 Å². The number of anilines is 1. The smallest absolute Gasteiger partial charge is 0.339 e. The fourth-order valence-electron chi connectivity index (χ4n) is 2.60. The molecule has 0 fully saturated rings. The van der Waals surface area contributed by atoms with Crippen LogP contribution >= 0.6 is 0 Å². The first kappa shape index (κ1) is 17.6. The summed E-state index contributed by atoms with van der Waals surface area (Å²) in [7, 11) is 1.97. The van der Waals surface area contributed by atoms with E-state index in [0.29, 0.717) is 12.2 Å². The quantitative estimate of drug-likeness (QED) is 0.636. The van der Waals surface area contributed by atoms with Crippen LogP contribution in [0.4, 0.5) is 5.82 Å². The number of carbonyl (C=O) groups excluding carboxylic acids is 1. The lowest BCUT2D eigenvalue weighted by molar-refractivity contribution is 0.0526. The first-order valence-corrected chi connectivity index (χ1v) is 8.41. The molecular formula is C19H21N5O2. The molecule has 0 aliphatic rings. The minimum absolute atomic E-state index is 0.112. The average Bonchev–Trinajstić information content (AvgIpc) is 3.22. The second kappa shape index (κ2) is 7.77. The average molecular weight is 351 g/mol. The van der Waals surface area contributed by atoms with Crippen LogP contribution in [0.5, 0.6) is 0 Å². The molecular weight excluding hydrogens is 330 g/mol. The topological polar surface area (TPSA) is 73.1 Å². The van der Waals surface area contributed by atoms with Crippen LogP contribution in [0.15, 0.2) is 55.2 Å². The summed E-state index contributed by atoms with van der Waals surface area (Å²) in [5, 5.41) is 4.13. The van der Waals surface area contributed by atoms with Crippen molar-refractivity contribution in [3.05, 3.63) is 66.4 Å². The second-order valence-corrected chi connectivity index (χ2v) is 5.84. The van der Waals surface area contributed by atoms with Gasteiger partial charge in [0.25, 0.3) is 0 Å². The molecule has 0 aliphatic carbocycles. The predicted octanol–water partition coefficient (Wildman–Crippen LogP) is 3.04. The number of carbonyl (C=O) groups is 1. The summed E-state index contributed by atoms with van der Waals surface area (Å²) in [6, 6.07) is 11.8. The normalized spacial score (nSPS) is 11.8. The van der Waals surface area contributed by atoms with E-state index in [2.05, 4.69) is 39.0 Å². The number of benzene rings is 1. The Labute approximate surface area is 152 Å². The Bertz CT molecular complexity index is 845. The Kier molecular flexibility index (Phi) is 5.26. The Balaban J connectivity index is 1.72. The lowest BCUT2D eigenvalue weighted by atomic mass is 10.1. The zero-order valence-electron chi connectivity index (χ0n) is 15.0. The summed E-state index contributed by atoms with van der Waals surface area (Å²) in [5.41, 5.74) is 2.56. The highest BCUT2D eigenvalue weighted by Gasteiger charge is 2.15. The lowest BCUT2D eigenvalue weighted by Crippen LogP contribution is -2.22. The van der Waals surface area contributed by atoms with Gasteiger partial charge in [-0.3, -0.25) is 0 Å². The van der Waals surface area contributed by atoms with Gasteiger partial charge in [0, 0.05) is 13.2 Å². The third kappa shape index (κ3) is 3.72. The van der Waals surface area contributed by atoms with Gasteiger partial charge in [-0.25, -0.2) is 19.4 Å². The molecule has 0 radical (unpaired) electrons. The molecule has 0 spiro atoms. The maximum Gasteiger partial charge on any atom is 0.339 e. The van der Waals surface area contributed by atoms with Gasteiger partial charge < -0.3 is 9.64 Å². The molecule has 134 valence electrons. The van der Waals surface area contributed by atoms with E-state index in [1.54, 1.807) is 30.2 Å². The molecule has 3 rings (SSSR count). The van der Waals surface area contributed by atoms with Crippen LogP contribution in [0.25, 0.3) is 5.69 Å². The SMILES string of the molecule is CCOC(=O)c1ccc(N(C)C(C)c2ccc(-n3cncn3)cc2)nc1. The standard InChI is InChI=1S/C19H21N5O2/c1-4-26-19(25)16-7-10-18(21-11-16)23(3)14(2)15-5-8-17(9-6-15)24-13-20-12-22-24/h5-14H,4H2,1-3H3. The van der Waals surface area contributed by atoms with Crippen molar-refractivity contribution in [3.8, 4) is 5.69 Å². The van der Waals surface area contributed by atoms with Gasteiger partial charge in [0.2, 0.25) is 0 Å². The van der Waals surface area contributed by atoms with Gasteiger partial charge in [-0.2, -0.15) is 5.10 Å². The molecule has 26 heavy (non-hydrogen) atoms. The summed E-state index contributed by atoms with van der Waals surface area (Å²) in [5.74, 6) is 0.428. The third-order valence-electron chi connectivity index (χ3n) is 4.26. The van der Waals surface area contributed by atoms with E-state index in [4.69, 9.17) is 4.74 Å². The highest BCUT2D eigenvalue weighted by atomic mass is 16.5. The van der Waals surface area contributed by atoms with Crippen LogP contribution in [-0.2, 0) is 4.74 Å². The Morgan fingerprint density at radius 1 is 1.23 bits per heavy atom. The number of aromatic nitrogens is 4. The van der Waals surface area contributed by atoms with Crippen molar-refractivity contribution in [1.29, 1.82) is 0 Å². The van der Waals surface area contributed by atoms with E-state index in [-0.39, 0.29) is 12.0 Å². The number of nitrogens with zero attached hydrogens (tertiary/aromatic N) is 5. The fraction of sp³-hybridized carbons (Fsp3) is 0.263. The fourth-order valence-corrected chi connectivity index (χ4v) is 2.60. The van der Waals surface area contributed by atoms with Crippen LogP contribution in [-0.4, -0.2) is 39.4 Å². The Morgan fingerprint density at radius 2 is 2.00 bits per heavy atom. The summed E-state index contributed by atoms with van der Waals surface area (Å²) in [6.07, 6.45) is 4.72. The number of hydrogen-bond acceptors (Lipinski definition) is 6. The minimum atomic E-state index is -0.356. The molecule has 0 saturated carbocycles. The van der Waals surface area contributed by atoms with E-state index in [0.717, 1.165) is 17.1 Å². The predicted molar refractivity (Wildman–Crippen MR) is 98.4 cm³/mol. The summed E-state index contributed by atoms with van der Waals surface area (Å²) in [6.45, 7) is 4.23. The zero-order valence-corrected chi connectivity index (χ0v) is 15.0. The largest absolute Gasteiger partial charge is 0.462 e. The Hall–Kier alpha value is -3.22. The van der Waals surface area contributed by atoms with Crippen molar-refractivity contribution in [3.63, 3.8) is 0 Å². The molecule has 7 nitrogen and oxygen atoms in total. The highest BCUT2D eigenvalue weighted by molar-refractivity contribution is 5.89. The van der Waals surface area contributed by atoms with Crippen molar-refractivity contribution in [2.75, 3.05) is 18.6 Å². The van der Waals surface area contributed by atoms with Gasteiger partial charge >= 0.3 is 5.97 Å². The van der Waals surface area contributed by atoms with Gasteiger partial charge in [-0.05, 0) is 43.7 Å². The van der Waals surface area contributed by atoms with Crippen LogP contribution in [0.3, 0.4) is 0 Å². The molecule has 0 N–H and O–H groups in total. The summed E-state index contributed by atoms with van der Waals surface area (Å²) >= 11 is 0. The van der Waals surface area contributed by atoms with Crippen LogP contribution < -0.4 is 4.90 Å². The van der Waals surface area contributed by atoms with Crippen molar-refractivity contribution < 1.29 is 9.53 Å². The number of esters is 1. The van der Waals surface area contributed by atoms with E-state index >= 15 is 0 Å². The molecule has 0 amide bonds. The summed E-state index contributed by atoms with van der Waals surface area (Å²) < 4.78 is 6.70.